The van der Waals surface area contributed by atoms with E-state index in [-0.39, 0.29) is 11.3 Å². The van der Waals surface area contributed by atoms with Crippen LogP contribution in [-0.4, -0.2) is 11.0 Å². The van der Waals surface area contributed by atoms with Crippen LogP contribution in [0.4, 0.5) is 5.69 Å². The highest BCUT2D eigenvalue weighted by molar-refractivity contribution is 9.10. The molecule has 0 saturated heterocycles. The Balaban J connectivity index is 1.91. The lowest BCUT2D eigenvalue weighted by molar-refractivity contribution is -0.112. The van der Waals surface area contributed by atoms with Gasteiger partial charge in [0.1, 0.15) is 17.4 Å². The van der Waals surface area contributed by atoms with E-state index in [9.17, 15) is 15.2 Å². The van der Waals surface area contributed by atoms with E-state index in [2.05, 4.69) is 21.2 Å². The molecule has 0 fully saturated rings. The van der Waals surface area contributed by atoms with Crippen molar-refractivity contribution in [2.75, 3.05) is 5.32 Å². The number of rotatable bonds is 5. The van der Waals surface area contributed by atoms with Crippen molar-refractivity contribution in [3.8, 4) is 11.8 Å². The minimum absolute atomic E-state index is 0.0309. The second kappa shape index (κ2) is 9.42. The van der Waals surface area contributed by atoms with Crippen molar-refractivity contribution in [2.24, 2.45) is 0 Å². The van der Waals surface area contributed by atoms with Crippen LogP contribution < -0.4 is 5.32 Å². The second-order valence-electron chi connectivity index (χ2n) is 6.28. The SMILES string of the molecule is N#C/C(=C\c1cc(Br)ccc1Cc1ccccc1Cl)C(=O)Nc1ccc(O)cc1. The minimum atomic E-state index is -0.526. The number of nitriles is 1. The van der Waals surface area contributed by atoms with E-state index in [0.29, 0.717) is 17.1 Å². The topological polar surface area (TPSA) is 73.1 Å². The molecule has 1 amide bonds. The van der Waals surface area contributed by atoms with E-state index in [1.807, 2.05) is 48.5 Å². The lowest BCUT2D eigenvalue weighted by atomic mass is 9.98. The summed E-state index contributed by atoms with van der Waals surface area (Å²) in [5.74, 6) is -0.431. The number of hydrogen-bond acceptors (Lipinski definition) is 3. The van der Waals surface area contributed by atoms with Gasteiger partial charge in [-0.05, 0) is 71.7 Å². The van der Waals surface area contributed by atoms with Gasteiger partial charge in [0.25, 0.3) is 5.91 Å². The maximum Gasteiger partial charge on any atom is 0.266 e. The average molecular weight is 468 g/mol. The summed E-state index contributed by atoms with van der Waals surface area (Å²) in [7, 11) is 0. The molecule has 0 aliphatic rings. The summed E-state index contributed by atoms with van der Waals surface area (Å²) in [5.41, 5.74) is 3.09. The number of halogens is 2. The lowest BCUT2D eigenvalue weighted by Crippen LogP contribution is -2.13. The van der Waals surface area contributed by atoms with Gasteiger partial charge in [0.2, 0.25) is 0 Å². The highest BCUT2D eigenvalue weighted by atomic mass is 79.9. The van der Waals surface area contributed by atoms with Gasteiger partial charge in [-0.3, -0.25) is 4.79 Å². The molecule has 29 heavy (non-hydrogen) atoms. The molecule has 0 atom stereocenters. The van der Waals surface area contributed by atoms with Crippen molar-refractivity contribution in [3.63, 3.8) is 0 Å². The maximum absolute atomic E-state index is 12.5. The van der Waals surface area contributed by atoms with Crippen molar-refractivity contribution >= 4 is 45.2 Å². The van der Waals surface area contributed by atoms with Gasteiger partial charge in [-0.1, -0.05) is 51.8 Å². The predicted octanol–water partition coefficient (Wildman–Crippen LogP) is 5.94. The van der Waals surface area contributed by atoms with Crippen molar-refractivity contribution in [1.82, 2.24) is 0 Å². The molecule has 0 saturated carbocycles. The molecule has 2 N–H and O–H groups in total. The minimum Gasteiger partial charge on any atom is -0.508 e. The Morgan fingerprint density at radius 2 is 1.83 bits per heavy atom. The molecule has 3 aromatic rings. The molecule has 0 heterocycles. The Labute approximate surface area is 182 Å². The van der Waals surface area contributed by atoms with Crippen LogP contribution in [0.15, 0.2) is 76.8 Å². The van der Waals surface area contributed by atoms with Crippen LogP contribution in [0.5, 0.6) is 5.75 Å². The summed E-state index contributed by atoms with van der Waals surface area (Å²) in [4.78, 5) is 12.5. The number of hydrogen-bond donors (Lipinski definition) is 2. The Morgan fingerprint density at radius 1 is 1.10 bits per heavy atom. The molecule has 3 aromatic carbocycles. The molecule has 0 aliphatic heterocycles. The summed E-state index contributed by atoms with van der Waals surface area (Å²) in [6.07, 6.45) is 2.13. The fourth-order valence-corrected chi connectivity index (χ4v) is 3.34. The summed E-state index contributed by atoms with van der Waals surface area (Å²) >= 11 is 9.73. The Hall–Kier alpha value is -3.07. The molecule has 0 spiro atoms. The molecule has 6 heteroatoms. The second-order valence-corrected chi connectivity index (χ2v) is 7.61. The summed E-state index contributed by atoms with van der Waals surface area (Å²) < 4.78 is 0.836. The number of nitrogens with one attached hydrogen (secondary N) is 1. The van der Waals surface area contributed by atoms with Crippen LogP contribution in [0.2, 0.25) is 5.02 Å². The average Bonchev–Trinajstić information content (AvgIpc) is 2.71. The largest absolute Gasteiger partial charge is 0.508 e. The van der Waals surface area contributed by atoms with Gasteiger partial charge in [-0.25, -0.2) is 0 Å². The standard InChI is InChI=1S/C23H16BrClN2O2/c24-19-6-5-15(11-16-3-1-2-4-22(16)25)17(13-19)12-18(14-26)23(29)27-20-7-9-21(28)10-8-20/h1-10,12-13,28H,11H2,(H,27,29)/b18-12+. The highest BCUT2D eigenvalue weighted by Crippen LogP contribution is 2.25. The molecule has 0 aromatic heterocycles. The van der Waals surface area contributed by atoms with E-state index in [1.54, 1.807) is 18.2 Å². The first-order valence-electron chi connectivity index (χ1n) is 8.70. The Bertz CT molecular complexity index is 1120. The van der Waals surface area contributed by atoms with Crippen LogP contribution in [0.3, 0.4) is 0 Å². The van der Waals surface area contributed by atoms with Crippen LogP contribution in [0, 0.1) is 11.3 Å². The number of anilines is 1. The van der Waals surface area contributed by atoms with Gasteiger partial charge in [0.15, 0.2) is 0 Å². The highest BCUT2D eigenvalue weighted by Gasteiger charge is 2.12. The molecule has 0 aliphatic carbocycles. The molecule has 4 nitrogen and oxygen atoms in total. The summed E-state index contributed by atoms with van der Waals surface area (Å²) in [5, 5.41) is 22.2. The van der Waals surface area contributed by atoms with E-state index < -0.39 is 5.91 Å². The summed E-state index contributed by atoms with van der Waals surface area (Å²) in [6, 6.07) is 21.3. The monoisotopic (exact) mass is 466 g/mol. The van der Waals surface area contributed by atoms with Crippen molar-refractivity contribution in [3.05, 3.63) is 98.5 Å². The molecular formula is C23H16BrClN2O2. The number of carbonyl (C=O) groups excluding carboxylic acids is 1. The van der Waals surface area contributed by atoms with Crippen LogP contribution >= 0.6 is 27.5 Å². The van der Waals surface area contributed by atoms with E-state index in [1.165, 1.54) is 12.1 Å². The number of amides is 1. The number of nitrogens with zero attached hydrogens (tertiary/aromatic N) is 1. The first-order valence-corrected chi connectivity index (χ1v) is 9.87. The van der Waals surface area contributed by atoms with Crippen LogP contribution in [0.25, 0.3) is 6.08 Å². The first-order chi connectivity index (χ1) is 14.0. The first kappa shape index (κ1) is 20.7. The summed E-state index contributed by atoms with van der Waals surface area (Å²) in [6.45, 7) is 0. The number of phenols is 1. The molecule has 0 radical (unpaired) electrons. The zero-order valence-electron chi connectivity index (χ0n) is 15.2. The van der Waals surface area contributed by atoms with Crippen molar-refractivity contribution in [2.45, 2.75) is 6.42 Å². The number of aromatic hydroxyl groups is 1. The van der Waals surface area contributed by atoms with Crippen LogP contribution in [-0.2, 0) is 11.2 Å². The zero-order chi connectivity index (χ0) is 20.8. The van der Waals surface area contributed by atoms with Gasteiger partial charge < -0.3 is 10.4 Å². The number of carbonyl (C=O) groups is 1. The third kappa shape index (κ3) is 5.47. The normalized spacial score (nSPS) is 11.0. The van der Waals surface area contributed by atoms with Crippen molar-refractivity contribution < 1.29 is 9.90 Å². The molecule has 144 valence electrons. The predicted molar refractivity (Wildman–Crippen MR) is 119 cm³/mol. The maximum atomic E-state index is 12.5. The molecule has 0 bridgehead atoms. The quantitative estimate of drug-likeness (QED) is 0.277. The third-order valence-electron chi connectivity index (χ3n) is 4.24. The smallest absolute Gasteiger partial charge is 0.266 e. The Morgan fingerprint density at radius 3 is 2.52 bits per heavy atom. The van der Waals surface area contributed by atoms with Crippen LogP contribution in [0.1, 0.15) is 16.7 Å². The van der Waals surface area contributed by atoms with Gasteiger partial charge in [0.05, 0.1) is 0 Å². The van der Waals surface area contributed by atoms with Crippen molar-refractivity contribution in [1.29, 1.82) is 5.26 Å². The Kier molecular flexibility index (Phi) is 6.71. The van der Waals surface area contributed by atoms with Gasteiger partial charge in [-0.15, -0.1) is 0 Å². The number of benzene rings is 3. The van der Waals surface area contributed by atoms with Gasteiger partial charge in [0, 0.05) is 15.2 Å². The van der Waals surface area contributed by atoms with E-state index in [4.69, 9.17) is 11.6 Å². The van der Waals surface area contributed by atoms with E-state index in [0.717, 1.165) is 21.2 Å². The fourth-order valence-electron chi connectivity index (χ4n) is 2.76. The van der Waals surface area contributed by atoms with Gasteiger partial charge in [-0.2, -0.15) is 5.26 Å². The lowest BCUT2D eigenvalue weighted by Gasteiger charge is -2.10. The number of phenolic OH excluding ortho intramolecular Hbond substituents is 1. The zero-order valence-corrected chi connectivity index (χ0v) is 17.5. The molecule has 3 rings (SSSR count). The molecular weight excluding hydrogens is 452 g/mol. The van der Waals surface area contributed by atoms with E-state index >= 15 is 0 Å². The van der Waals surface area contributed by atoms with Gasteiger partial charge >= 0.3 is 0 Å². The third-order valence-corrected chi connectivity index (χ3v) is 5.10. The fraction of sp³-hybridized carbons (Fsp3) is 0.0435. The molecule has 0 unspecified atom stereocenters.